The number of carboxylic acid groups (broad SMARTS) is 2. The second kappa shape index (κ2) is 7.64. The molecule has 0 unspecified atom stereocenters. The minimum atomic E-state index is -1.01. The standard InChI is InChI=1S/2C9H8O4/c2*10-9(11)8-5-12-6-3-1-2-4-7(6)13-8/h2*1-4,8H,5H2,(H,10,11)/t2*8-/m11/s1. The summed E-state index contributed by atoms with van der Waals surface area (Å²) in [4.78, 5) is 21.1. The van der Waals surface area contributed by atoms with Crippen LogP contribution >= 0.6 is 0 Å². The van der Waals surface area contributed by atoms with Gasteiger partial charge < -0.3 is 29.2 Å². The van der Waals surface area contributed by atoms with Crippen LogP contribution in [-0.4, -0.2) is 47.6 Å². The van der Waals surface area contributed by atoms with Crippen LogP contribution in [0.5, 0.6) is 23.0 Å². The zero-order valence-corrected chi connectivity index (χ0v) is 13.5. The average molecular weight is 360 g/mol. The number of aliphatic carboxylic acids is 2. The molecule has 2 heterocycles. The molecule has 26 heavy (non-hydrogen) atoms. The average Bonchev–Trinajstić information content (AvgIpc) is 2.67. The summed E-state index contributed by atoms with van der Waals surface area (Å²) in [5, 5.41) is 17.3. The van der Waals surface area contributed by atoms with Crippen LogP contribution in [0.2, 0.25) is 0 Å². The molecule has 2 aliphatic heterocycles. The first kappa shape index (κ1) is 17.4. The Morgan fingerprint density at radius 2 is 1.04 bits per heavy atom. The monoisotopic (exact) mass is 360 g/mol. The van der Waals surface area contributed by atoms with E-state index in [-0.39, 0.29) is 13.2 Å². The largest absolute Gasteiger partial charge is 0.485 e. The highest BCUT2D eigenvalue weighted by molar-refractivity contribution is 5.74. The van der Waals surface area contributed by atoms with Crippen LogP contribution in [0, 0.1) is 0 Å². The molecule has 0 amide bonds. The van der Waals surface area contributed by atoms with Crippen molar-refractivity contribution < 1.29 is 38.7 Å². The van der Waals surface area contributed by atoms with Gasteiger partial charge in [-0.1, -0.05) is 24.3 Å². The molecule has 136 valence electrons. The van der Waals surface area contributed by atoms with E-state index in [0.29, 0.717) is 23.0 Å². The quantitative estimate of drug-likeness (QED) is 0.834. The van der Waals surface area contributed by atoms with E-state index in [2.05, 4.69) is 0 Å². The number of fused-ring (bicyclic) bond motifs is 2. The molecule has 0 aromatic heterocycles. The first-order chi connectivity index (χ1) is 12.5. The third-order valence-corrected chi connectivity index (χ3v) is 3.57. The zero-order chi connectivity index (χ0) is 18.5. The highest BCUT2D eigenvalue weighted by Gasteiger charge is 2.27. The maximum atomic E-state index is 10.6. The number of hydrogen-bond donors (Lipinski definition) is 2. The van der Waals surface area contributed by atoms with Crippen LogP contribution in [0.1, 0.15) is 0 Å². The number of ether oxygens (including phenoxy) is 4. The molecule has 0 radical (unpaired) electrons. The van der Waals surface area contributed by atoms with Gasteiger partial charge >= 0.3 is 11.9 Å². The van der Waals surface area contributed by atoms with Crippen molar-refractivity contribution in [1.82, 2.24) is 0 Å². The zero-order valence-electron chi connectivity index (χ0n) is 13.5. The predicted octanol–water partition coefficient (Wildman–Crippen LogP) is 1.82. The molecular formula is C18H16O8. The summed E-state index contributed by atoms with van der Waals surface area (Å²) in [5.74, 6) is 0.159. The maximum absolute atomic E-state index is 10.6. The lowest BCUT2D eigenvalue weighted by atomic mass is 10.2. The molecule has 8 heteroatoms. The molecular weight excluding hydrogens is 344 g/mol. The normalized spacial score (nSPS) is 19.5. The summed E-state index contributed by atoms with van der Waals surface area (Å²) in [5.41, 5.74) is 0. The molecule has 0 aliphatic carbocycles. The SMILES string of the molecule is O=C(O)[C@H]1COc2ccccc2O1.O=C(O)[C@H]1COc2ccccc2O1. The van der Waals surface area contributed by atoms with E-state index in [1.54, 1.807) is 36.4 Å². The van der Waals surface area contributed by atoms with Crippen molar-refractivity contribution in [2.45, 2.75) is 12.2 Å². The third-order valence-electron chi connectivity index (χ3n) is 3.57. The van der Waals surface area contributed by atoms with E-state index in [9.17, 15) is 9.59 Å². The Morgan fingerprint density at radius 3 is 1.38 bits per heavy atom. The van der Waals surface area contributed by atoms with Gasteiger partial charge in [-0.05, 0) is 24.3 Å². The molecule has 0 bridgehead atoms. The summed E-state index contributed by atoms with van der Waals surface area (Å²) in [7, 11) is 0. The van der Waals surface area contributed by atoms with Crippen molar-refractivity contribution in [1.29, 1.82) is 0 Å². The van der Waals surface area contributed by atoms with Gasteiger partial charge in [-0.3, -0.25) is 0 Å². The van der Waals surface area contributed by atoms with Gasteiger partial charge in [-0.25, -0.2) is 9.59 Å². The molecule has 0 saturated heterocycles. The van der Waals surface area contributed by atoms with Gasteiger partial charge in [0, 0.05) is 0 Å². The molecule has 4 rings (SSSR count). The van der Waals surface area contributed by atoms with Crippen LogP contribution in [0.25, 0.3) is 0 Å². The van der Waals surface area contributed by atoms with Crippen molar-refractivity contribution in [3.63, 3.8) is 0 Å². The molecule has 2 N–H and O–H groups in total. The lowest BCUT2D eigenvalue weighted by molar-refractivity contribution is -0.148. The van der Waals surface area contributed by atoms with Crippen LogP contribution in [-0.2, 0) is 9.59 Å². The Bertz CT molecular complexity index is 736. The first-order valence-corrected chi connectivity index (χ1v) is 7.77. The third kappa shape index (κ3) is 3.97. The van der Waals surface area contributed by atoms with Crippen molar-refractivity contribution in [2.24, 2.45) is 0 Å². The lowest BCUT2D eigenvalue weighted by Crippen LogP contribution is -2.36. The van der Waals surface area contributed by atoms with Gasteiger partial charge in [-0.15, -0.1) is 0 Å². The van der Waals surface area contributed by atoms with Crippen LogP contribution in [0.3, 0.4) is 0 Å². The minimum Gasteiger partial charge on any atom is -0.485 e. The lowest BCUT2D eigenvalue weighted by Gasteiger charge is -2.23. The Morgan fingerprint density at radius 1 is 0.692 bits per heavy atom. The molecule has 2 aliphatic rings. The topological polar surface area (TPSA) is 112 Å². The molecule has 0 saturated carbocycles. The molecule has 0 spiro atoms. The Balaban J connectivity index is 0.000000151. The number of benzene rings is 2. The summed E-state index contributed by atoms with van der Waals surface area (Å²) < 4.78 is 20.7. The Labute approximate surface area is 148 Å². The van der Waals surface area contributed by atoms with Gasteiger partial charge in [0.15, 0.2) is 23.0 Å². The van der Waals surface area contributed by atoms with Crippen molar-refractivity contribution >= 4 is 11.9 Å². The van der Waals surface area contributed by atoms with E-state index in [1.807, 2.05) is 12.1 Å². The summed E-state index contributed by atoms with van der Waals surface area (Å²) in [6.07, 6.45) is -1.79. The number of rotatable bonds is 2. The first-order valence-electron chi connectivity index (χ1n) is 7.77. The smallest absolute Gasteiger partial charge is 0.348 e. The highest BCUT2D eigenvalue weighted by Crippen LogP contribution is 2.31. The Kier molecular flexibility index (Phi) is 5.12. The summed E-state index contributed by atoms with van der Waals surface area (Å²) in [6, 6.07) is 14.0. The predicted molar refractivity (Wildman–Crippen MR) is 88.0 cm³/mol. The number of carbonyl (C=O) groups is 2. The van der Waals surface area contributed by atoms with E-state index in [1.165, 1.54) is 0 Å². The fourth-order valence-corrected chi connectivity index (χ4v) is 2.28. The van der Waals surface area contributed by atoms with Crippen molar-refractivity contribution in [3.05, 3.63) is 48.5 Å². The molecule has 8 nitrogen and oxygen atoms in total. The highest BCUT2D eigenvalue weighted by atomic mass is 16.6. The molecule has 2 atom stereocenters. The summed E-state index contributed by atoms with van der Waals surface area (Å²) in [6.45, 7) is 0.124. The molecule has 0 fully saturated rings. The van der Waals surface area contributed by atoms with Crippen LogP contribution in [0.15, 0.2) is 48.5 Å². The van der Waals surface area contributed by atoms with E-state index >= 15 is 0 Å². The van der Waals surface area contributed by atoms with Crippen molar-refractivity contribution in [2.75, 3.05) is 13.2 Å². The minimum absolute atomic E-state index is 0.0619. The number of para-hydroxylation sites is 4. The van der Waals surface area contributed by atoms with Gasteiger partial charge in [0.25, 0.3) is 0 Å². The fourth-order valence-electron chi connectivity index (χ4n) is 2.28. The van der Waals surface area contributed by atoms with E-state index < -0.39 is 24.1 Å². The van der Waals surface area contributed by atoms with Crippen molar-refractivity contribution in [3.8, 4) is 23.0 Å². The molecule has 2 aromatic rings. The van der Waals surface area contributed by atoms with Crippen LogP contribution in [0.4, 0.5) is 0 Å². The van der Waals surface area contributed by atoms with E-state index in [4.69, 9.17) is 29.2 Å². The van der Waals surface area contributed by atoms with Gasteiger partial charge in [0.2, 0.25) is 12.2 Å². The second-order valence-corrected chi connectivity index (χ2v) is 5.40. The fraction of sp³-hybridized carbons (Fsp3) is 0.222. The number of hydrogen-bond acceptors (Lipinski definition) is 6. The van der Waals surface area contributed by atoms with Crippen LogP contribution < -0.4 is 18.9 Å². The summed E-state index contributed by atoms with van der Waals surface area (Å²) >= 11 is 0. The van der Waals surface area contributed by atoms with E-state index in [0.717, 1.165) is 0 Å². The van der Waals surface area contributed by atoms with Gasteiger partial charge in [0.1, 0.15) is 13.2 Å². The second-order valence-electron chi connectivity index (χ2n) is 5.40. The van der Waals surface area contributed by atoms with Gasteiger partial charge in [0.05, 0.1) is 0 Å². The number of carboxylic acids is 2. The molecule has 2 aromatic carbocycles. The van der Waals surface area contributed by atoms with Gasteiger partial charge in [-0.2, -0.15) is 0 Å². The Hall–Kier alpha value is -3.42. The maximum Gasteiger partial charge on any atom is 0.348 e.